The third kappa shape index (κ3) is 7.01. The molecule has 4 heteroatoms. The van der Waals surface area contributed by atoms with Crippen LogP contribution in [0, 0.1) is 41.5 Å². The smallest absolute Gasteiger partial charge is 0.0400 e. The first-order valence-corrected chi connectivity index (χ1v) is 12.5. The molecular formula is C30H42N4. The molecule has 3 N–H and O–H groups in total. The van der Waals surface area contributed by atoms with Crippen molar-refractivity contribution >= 4 is 17.1 Å². The molecule has 0 fully saturated rings. The summed E-state index contributed by atoms with van der Waals surface area (Å²) in [5, 5.41) is 11.0. The van der Waals surface area contributed by atoms with Crippen LogP contribution in [0.4, 0.5) is 17.1 Å². The van der Waals surface area contributed by atoms with E-state index in [-0.39, 0.29) is 0 Å². The highest BCUT2D eigenvalue weighted by Crippen LogP contribution is 2.21. The number of anilines is 3. The molecule has 0 aliphatic rings. The van der Waals surface area contributed by atoms with Gasteiger partial charge in [0.05, 0.1) is 0 Å². The van der Waals surface area contributed by atoms with Gasteiger partial charge in [0.2, 0.25) is 0 Å². The third-order valence-corrected chi connectivity index (χ3v) is 6.63. The highest BCUT2D eigenvalue weighted by molar-refractivity contribution is 5.58. The first-order valence-electron chi connectivity index (χ1n) is 12.5. The second-order valence-electron chi connectivity index (χ2n) is 9.42. The van der Waals surface area contributed by atoms with Crippen LogP contribution in [0.3, 0.4) is 0 Å². The lowest BCUT2D eigenvalue weighted by Gasteiger charge is -2.25. The second-order valence-corrected chi connectivity index (χ2v) is 9.42. The minimum absolute atomic E-state index is 0.929. The van der Waals surface area contributed by atoms with Crippen molar-refractivity contribution in [3.05, 3.63) is 88.0 Å². The minimum atomic E-state index is 0.929. The van der Waals surface area contributed by atoms with Gasteiger partial charge in [-0.3, -0.25) is 4.90 Å². The molecule has 0 saturated carbocycles. The van der Waals surface area contributed by atoms with Gasteiger partial charge < -0.3 is 16.0 Å². The number of nitrogens with one attached hydrogen (secondary N) is 3. The van der Waals surface area contributed by atoms with Crippen LogP contribution in [-0.2, 0) is 0 Å². The number of rotatable bonds is 12. The van der Waals surface area contributed by atoms with E-state index in [9.17, 15) is 0 Å². The van der Waals surface area contributed by atoms with Crippen molar-refractivity contribution in [2.75, 3.05) is 55.2 Å². The molecule has 3 rings (SSSR count). The normalized spacial score (nSPS) is 11.0. The Morgan fingerprint density at radius 1 is 0.441 bits per heavy atom. The molecule has 0 aromatic heterocycles. The summed E-state index contributed by atoms with van der Waals surface area (Å²) in [6.07, 6.45) is 0. The largest absolute Gasteiger partial charge is 0.383 e. The summed E-state index contributed by atoms with van der Waals surface area (Å²) in [5.41, 5.74) is 11.6. The predicted octanol–water partition coefficient (Wildman–Crippen LogP) is 6.48. The number of aryl methyl sites for hydroxylation is 6. The van der Waals surface area contributed by atoms with Crippen molar-refractivity contribution in [3.8, 4) is 0 Å². The van der Waals surface area contributed by atoms with Gasteiger partial charge in [-0.15, -0.1) is 0 Å². The number of hydrogen-bond donors (Lipinski definition) is 3. The number of benzene rings is 3. The number of nitrogens with zero attached hydrogens (tertiary/aromatic N) is 1. The van der Waals surface area contributed by atoms with Gasteiger partial charge in [-0.2, -0.15) is 0 Å². The maximum Gasteiger partial charge on any atom is 0.0400 e. The van der Waals surface area contributed by atoms with Crippen LogP contribution in [-0.4, -0.2) is 44.2 Å². The van der Waals surface area contributed by atoms with Crippen LogP contribution < -0.4 is 16.0 Å². The van der Waals surface area contributed by atoms with Crippen LogP contribution in [0.1, 0.15) is 33.4 Å². The zero-order valence-electron chi connectivity index (χ0n) is 21.9. The SMILES string of the molecule is Cc1cccc(C)c1NCCN(CCNc1c(C)cccc1C)CCNc1c(C)cccc1C. The summed E-state index contributed by atoms with van der Waals surface area (Å²) >= 11 is 0. The summed E-state index contributed by atoms with van der Waals surface area (Å²) in [4.78, 5) is 2.54. The predicted molar refractivity (Wildman–Crippen MR) is 150 cm³/mol. The van der Waals surface area contributed by atoms with E-state index in [2.05, 4.69) is 117 Å². The van der Waals surface area contributed by atoms with Crippen LogP contribution in [0.15, 0.2) is 54.6 Å². The molecule has 0 heterocycles. The molecule has 34 heavy (non-hydrogen) atoms. The van der Waals surface area contributed by atoms with Gasteiger partial charge in [-0.1, -0.05) is 54.6 Å². The maximum absolute atomic E-state index is 3.68. The topological polar surface area (TPSA) is 39.3 Å². The molecule has 0 saturated heterocycles. The number of hydrogen-bond acceptors (Lipinski definition) is 4. The van der Waals surface area contributed by atoms with Crippen molar-refractivity contribution in [2.24, 2.45) is 0 Å². The van der Waals surface area contributed by atoms with E-state index < -0.39 is 0 Å². The summed E-state index contributed by atoms with van der Waals surface area (Å²) in [6.45, 7) is 18.8. The lowest BCUT2D eigenvalue weighted by Crippen LogP contribution is -2.37. The van der Waals surface area contributed by atoms with Crippen molar-refractivity contribution in [2.45, 2.75) is 41.5 Å². The Morgan fingerprint density at radius 3 is 0.912 bits per heavy atom. The molecule has 0 unspecified atom stereocenters. The molecule has 0 radical (unpaired) electrons. The zero-order valence-corrected chi connectivity index (χ0v) is 21.9. The van der Waals surface area contributed by atoms with Crippen molar-refractivity contribution in [3.63, 3.8) is 0 Å². The molecule has 182 valence electrons. The van der Waals surface area contributed by atoms with Crippen molar-refractivity contribution in [1.82, 2.24) is 4.90 Å². The van der Waals surface area contributed by atoms with Crippen LogP contribution in [0.2, 0.25) is 0 Å². The Bertz CT molecular complexity index is 876. The minimum Gasteiger partial charge on any atom is -0.383 e. The van der Waals surface area contributed by atoms with Gasteiger partial charge in [-0.25, -0.2) is 0 Å². The third-order valence-electron chi connectivity index (χ3n) is 6.63. The molecule has 0 spiro atoms. The molecule has 3 aromatic carbocycles. The van der Waals surface area contributed by atoms with Gasteiger partial charge in [0.25, 0.3) is 0 Å². The van der Waals surface area contributed by atoms with E-state index in [0.717, 1.165) is 39.3 Å². The highest BCUT2D eigenvalue weighted by Gasteiger charge is 2.09. The zero-order chi connectivity index (χ0) is 24.5. The lowest BCUT2D eigenvalue weighted by atomic mass is 10.1. The summed E-state index contributed by atoms with van der Waals surface area (Å²) < 4.78 is 0. The van der Waals surface area contributed by atoms with E-state index in [1.54, 1.807) is 0 Å². The van der Waals surface area contributed by atoms with Gasteiger partial charge in [0.1, 0.15) is 0 Å². The summed E-state index contributed by atoms with van der Waals surface area (Å²) in [6, 6.07) is 19.4. The fourth-order valence-corrected chi connectivity index (χ4v) is 4.63. The molecule has 0 atom stereocenters. The van der Waals surface area contributed by atoms with Gasteiger partial charge >= 0.3 is 0 Å². The standard InChI is InChI=1S/C30H42N4/c1-22-10-7-11-23(2)28(22)31-16-19-34(20-17-32-29-24(3)12-8-13-25(29)4)21-18-33-30-26(5)14-9-15-27(30)6/h7-15,31-33H,16-21H2,1-6H3. The molecule has 3 aromatic rings. The van der Waals surface area contributed by atoms with Crippen molar-refractivity contribution < 1.29 is 0 Å². The first-order chi connectivity index (χ1) is 16.4. The van der Waals surface area contributed by atoms with Gasteiger partial charge in [-0.05, 0) is 74.9 Å². The summed E-state index contributed by atoms with van der Waals surface area (Å²) in [7, 11) is 0. The Labute approximate surface area is 206 Å². The molecule has 0 aliphatic carbocycles. The Balaban J connectivity index is 1.59. The Hall–Kier alpha value is -2.98. The monoisotopic (exact) mass is 458 g/mol. The lowest BCUT2D eigenvalue weighted by molar-refractivity contribution is 0.306. The average Bonchev–Trinajstić information content (AvgIpc) is 2.79. The quantitative estimate of drug-likeness (QED) is 0.291. The second kappa shape index (κ2) is 12.5. The molecule has 0 amide bonds. The van der Waals surface area contributed by atoms with Crippen LogP contribution in [0.25, 0.3) is 0 Å². The molecule has 4 nitrogen and oxygen atoms in total. The first kappa shape index (κ1) is 25.6. The molecule has 0 bridgehead atoms. The van der Waals surface area contributed by atoms with Crippen LogP contribution in [0.5, 0.6) is 0 Å². The van der Waals surface area contributed by atoms with E-state index in [4.69, 9.17) is 0 Å². The van der Waals surface area contributed by atoms with Crippen molar-refractivity contribution in [1.29, 1.82) is 0 Å². The van der Waals surface area contributed by atoms with E-state index in [1.807, 2.05) is 0 Å². The number of para-hydroxylation sites is 3. The fourth-order valence-electron chi connectivity index (χ4n) is 4.63. The van der Waals surface area contributed by atoms with Gasteiger partial charge in [0, 0.05) is 56.3 Å². The average molecular weight is 459 g/mol. The summed E-state index contributed by atoms with van der Waals surface area (Å²) in [5.74, 6) is 0. The maximum atomic E-state index is 3.68. The highest BCUT2D eigenvalue weighted by atomic mass is 15.2. The van der Waals surface area contributed by atoms with Gasteiger partial charge in [0.15, 0.2) is 0 Å². The Morgan fingerprint density at radius 2 is 0.676 bits per heavy atom. The Kier molecular flexibility index (Phi) is 9.41. The van der Waals surface area contributed by atoms with E-state index >= 15 is 0 Å². The molecule has 0 aliphatic heterocycles. The fraction of sp³-hybridized carbons (Fsp3) is 0.400. The molecular weight excluding hydrogens is 416 g/mol. The van der Waals surface area contributed by atoms with E-state index in [0.29, 0.717) is 0 Å². The van der Waals surface area contributed by atoms with Crippen LogP contribution >= 0.6 is 0 Å². The van der Waals surface area contributed by atoms with E-state index in [1.165, 1.54) is 50.4 Å².